The molecule has 0 saturated heterocycles. The first kappa shape index (κ1) is 14.4. The summed E-state index contributed by atoms with van der Waals surface area (Å²) in [4.78, 5) is 4.20. The zero-order valence-corrected chi connectivity index (χ0v) is 12.2. The molecule has 0 aliphatic carbocycles. The average molecular weight is 288 g/mol. The highest BCUT2D eigenvalue weighted by atomic mass is 35.5. The third-order valence-electron chi connectivity index (χ3n) is 2.93. The lowest BCUT2D eigenvalue weighted by Crippen LogP contribution is -2.36. The number of hydrogen-bond acceptors (Lipinski definition) is 1. The SMILES string of the molecule is CN=C(NCc1ccccc1)NCc1ccccc1Cl. The van der Waals surface area contributed by atoms with Crippen LogP contribution in [0.5, 0.6) is 0 Å². The van der Waals surface area contributed by atoms with Crippen molar-refractivity contribution in [2.24, 2.45) is 4.99 Å². The molecule has 2 aromatic carbocycles. The lowest BCUT2D eigenvalue weighted by Gasteiger charge is -2.12. The summed E-state index contributed by atoms with van der Waals surface area (Å²) in [5, 5.41) is 7.28. The average Bonchev–Trinajstić information content (AvgIpc) is 2.50. The van der Waals surface area contributed by atoms with Crippen LogP contribution in [0, 0.1) is 0 Å². The van der Waals surface area contributed by atoms with E-state index in [0.717, 1.165) is 23.1 Å². The van der Waals surface area contributed by atoms with E-state index in [2.05, 4.69) is 27.8 Å². The van der Waals surface area contributed by atoms with E-state index < -0.39 is 0 Å². The van der Waals surface area contributed by atoms with Crippen LogP contribution in [0.4, 0.5) is 0 Å². The Hall–Kier alpha value is -2.00. The molecule has 20 heavy (non-hydrogen) atoms. The van der Waals surface area contributed by atoms with Gasteiger partial charge in [-0.2, -0.15) is 0 Å². The Morgan fingerprint density at radius 1 is 0.950 bits per heavy atom. The monoisotopic (exact) mass is 287 g/mol. The number of halogens is 1. The van der Waals surface area contributed by atoms with Gasteiger partial charge in [0.1, 0.15) is 0 Å². The van der Waals surface area contributed by atoms with E-state index >= 15 is 0 Å². The minimum absolute atomic E-state index is 0.647. The van der Waals surface area contributed by atoms with Crippen LogP contribution in [-0.4, -0.2) is 13.0 Å². The summed E-state index contributed by atoms with van der Waals surface area (Å²) in [6, 6.07) is 18.0. The van der Waals surface area contributed by atoms with Crippen molar-refractivity contribution in [1.82, 2.24) is 10.6 Å². The van der Waals surface area contributed by atoms with Gasteiger partial charge in [-0.25, -0.2) is 0 Å². The first-order valence-corrected chi connectivity index (χ1v) is 6.89. The molecule has 4 heteroatoms. The maximum atomic E-state index is 6.12. The van der Waals surface area contributed by atoms with Gasteiger partial charge in [-0.3, -0.25) is 4.99 Å². The van der Waals surface area contributed by atoms with Gasteiger partial charge < -0.3 is 10.6 Å². The third-order valence-corrected chi connectivity index (χ3v) is 3.30. The van der Waals surface area contributed by atoms with Crippen molar-refractivity contribution in [3.05, 3.63) is 70.7 Å². The predicted octanol–water partition coefficient (Wildman–Crippen LogP) is 3.21. The summed E-state index contributed by atoms with van der Waals surface area (Å²) >= 11 is 6.12. The summed E-state index contributed by atoms with van der Waals surface area (Å²) in [5.41, 5.74) is 2.27. The van der Waals surface area contributed by atoms with Gasteiger partial charge in [0.05, 0.1) is 0 Å². The summed E-state index contributed by atoms with van der Waals surface area (Å²) in [6.45, 7) is 1.39. The fourth-order valence-corrected chi connectivity index (χ4v) is 2.03. The lowest BCUT2D eigenvalue weighted by atomic mass is 10.2. The second-order valence-corrected chi connectivity index (χ2v) is 4.76. The standard InChI is InChI=1S/C16H18ClN3/c1-18-16(19-11-13-7-3-2-4-8-13)20-12-14-9-5-6-10-15(14)17/h2-10H,11-12H2,1H3,(H2,18,19,20). The van der Waals surface area contributed by atoms with Crippen LogP contribution in [-0.2, 0) is 13.1 Å². The first-order chi connectivity index (χ1) is 9.79. The number of nitrogens with one attached hydrogen (secondary N) is 2. The minimum Gasteiger partial charge on any atom is -0.352 e. The Bertz CT molecular complexity index is 567. The number of benzene rings is 2. The van der Waals surface area contributed by atoms with E-state index in [9.17, 15) is 0 Å². The number of aliphatic imine (C=N–C) groups is 1. The van der Waals surface area contributed by atoms with Crippen LogP contribution in [0.25, 0.3) is 0 Å². The van der Waals surface area contributed by atoms with Crippen molar-refractivity contribution < 1.29 is 0 Å². The smallest absolute Gasteiger partial charge is 0.191 e. The highest BCUT2D eigenvalue weighted by Crippen LogP contribution is 2.14. The lowest BCUT2D eigenvalue weighted by molar-refractivity contribution is 0.809. The maximum absolute atomic E-state index is 6.12. The van der Waals surface area contributed by atoms with E-state index in [-0.39, 0.29) is 0 Å². The van der Waals surface area contributed by atoms with Crippen LogP contribution < -0.4 is 10.6 Å². The van der Waals surface area contributed by atoms with Crippen LogP contribution in [0.15, 0.2) is 59.6 Å². The molecular formula is C16H18ClN3. The van der Waals surface area contributed by atoms with Gasteiger partial charge >= 0.3 is 0 Å². The summed E-state index contributed by atoms with van der Waals surface area (Å²) in [5.74, 6) is 0.758. The predicted molar refractivity (Wildman–Crippen MR) is 84.9 cm³/mol. The summed E-state index contributed by atoms with van der Waals surface area (Å²) in [7, 11) is 1.76. The first-order valence-electron chi connectivity index (χ1n) is 6.51. The van der Waals surface area contributed by atoms with Crippen molar-refractivity contribution in [2.75, 3.05) is 7.05 Å². The van der Waals surface area contributed by atoms with Gasteiger partial charge in [0.2, 0.25) is 0 Å². The van der Waals surface area contributed by atoms with E-state index in [4.69, 9.17) is 11.6 Å². The molecule has 2 N–H and O–H groups in total. The number of hydrogen-bond donors (Lipinski definition) is 2. The molecule has 2 aromatic rings. The normalized spacial score (nSPS) is 11.2. The van der Waals surface area contributed by atoms with Gasteiger partial charge in [-0.1, -0.05) is 60.1 Å². The minimum atomic E-state index is 0.647. The summed E-state index contributed by atoms with van der Waals surface area (Å²) < 4.78 is 0. The number of nitrogens with zero attached hydrogens (tertiary/aromatic N) is 1. The zero-order chi connectivity index (χ0) is 14.2. The van der Waals surface area contributed by atoms with Crippen molar-refractivity contribution in [3.63, 3.8) is 0 Å². The van der Waals surface area contributed by atoms with Gasteiger partial charge in [0.15, 0.2) is 5.96 Å². The third kappa shape index (κ3) is 4.28. The van der Waals surface area contributed by atoms with Crippen LogP contribution >= 0.6 is 11.6 Å². The van der Waals surface area contributed by atoms with Gasteiger partial charge in [0, 0.05) is 25.2 Å². The largest absolute Gasteiger partial charge is 0.352 e. The highest BCUT2D eigenvalue weighted by molar-refractivity contribution is 6.31. The topological polar surface area (TPSA) is 36.4 Å². The second kappa shape index (κ2) is 7.56. The Balaban J connectivity index is 1.86. The van der Waals surface area contributed by atoms with Crippen molar-refractivity contribution in [1.29, 1.82) is 0 Å². The zero-order valence-electron chi connectivity index (χ0n) is 11.4. The quantitative estimate of drug-likeness (QED) is 0.669. The maximum Gasteiger partial charge on any atom is 0.191 e. The molecule has 0 unspecified atom stereocenters. The molecule has 0 atom stereocenters. The van der Waals surface area contributed by atoms with Gasteiger partial charge in [-0.15, -0.1) is 0 Å². The van der Waals surface area contributed by atoms with Crippen molar-refractivity contribution >= 4 is 17.6 Å². The van der Waals surface area contributed by atoms with Crippen molar-refractivity contribution in [3.8, 4) is 0 Å². The van der Waals surface area contributed by atoms with E-state index in [1.165, 1.54) is 5.56 Å². The number of guanidine groups is 1. The molecule has 0 radical (unpaired) electrons. The Morgan fingerprint density at radius 2 is 1.60 bits per heavy atom. The Labute approximate surface area is 124 Å². The van der Waals surface area contributed by atoms with E-state index in [1.54, 1.807) is 7.05 Å². The summed E-state index contributed by atoms with van der Waals surface area (Å²) in [6.07, 6.45) is 0. The molecule has 104 valence electrons. The Kier molecular flexibility index (Phi) is 5.44. The van der Waals surface area contributed by atoms with Crippen LogP contribution in [0.3, 0.4) is 0 Å². The highest BCUT2D eigenvalue weighted by Gasteiger charge is 2.01. The van der Waals surface area contributed by atoms with Gasteiger partial charge in [0.25, 0.3) is 0 Å². The molecule has 0 aromatic heterocycles. The van der Waals surface area contributed by atoms with Crippen molar-refractivity contribution in [2.45, 2.75) is 13.1 Å². The molecule has 0 fully saturated rings. The van der Waals surface area contributed by atoms with Crippen LogP contribution in [0.2, 0.25) is 5.02 Å². The molecule has 0 aliphatic rings. The number of rotatable bonds is 4. The molecular weight excluding hydrogens is 270 g/mol. The molecule has 3 nitrogen and oxygen atoms in total. The molecule has 0 heterocycles. The molecule has 2 rings (SSSR count). The van der Waals surface area contributed by atoms with Crippen LogP contribution in [0.1, 0.15) is 11.1 Å². The molecule has 0 amide bonds. The molecule has 0 spiro atoms. The second-order valence-electron chi connectivity index (χ2n) is 4.36. The molecule has 0 bridgehead atoms. The fraction of sp³-hybridized carbons (Fsp3) is 0.188. The van der Waals surface area contributed by atoms with Gasteiger partial charge in [-0.05, 0) is 17.2 Å². The van der Waals surface area contributed by atoms with E-state index in [0.29, 0.717) is 6.54 Å². The molecule has 0 aliphatic heterocycles. The fourth-order valence-electron chi connectivity index (χ4n) is 1.82. The molecule has 0 saturated carbocycles. The Morgan fingerprint density at radius 3 is 2.30 bits per heavy atom. The van der Waals surface area contributed by atoms with E-state index in [1.807, 2.05) is 42.5 Å².